The fourth-order valence-corrected chi connectivity index (χ4v) is 5.96. The zero-order chi connectivity index (χ0) is 25.6. The molecule has 5 atom stereocenters. The van der Waals surface area contributed by atoms with Crippen LogP contribution in [0.4, 0.5) is 36.6 Å². The van der Waals surface area contributed by atoms with E-state index in [0.29, 0.717) is 12.5 Å². The Hall–Kier alpha value is -3.44. The van der Waals surface area contributed by atoms with Crippen molar-refractivity contribution in [2.45, 2.75) is 37.3 Å². The second-order valence-electron chi connectivity index (χ2n) is 9.43. The van der Waals surface area contributed by atoms with E-state index >= 15 is 0 Å². The van der Waals surface area contributed by atoms with Gasteiger partial charge in [0, 0.05) is 18.3 Å². The number of hydrogen-bond acceptors (Lipinski definition) is 4. The van der Waals surface area contributed by atoms with Crippen molar-refractivity contribution >= 4 is 5.82 Å². The van der Waals surface area contributed by atoms with Gasteiger partial charge in [-0.05, 0) is 67.0 Å². The molecule has 2 saturated carbocycles. The average molecular weight is 510 g/mol. The van der Waals surface area contributed by atoms with Gasteiger partial charge in [0.1, 0.15) is 23.2 Å². The van der Waals surface area contributed by atoms with E-state index in [1.165, 1.54) is 33.9 Å². The lowest BCUT2D eigenvalue weighted by molar-refractivity contribution is -0.145. The molecule has 0 spiro atoms. The van der Waals surface area contributed by atoms with E-state index in [0.717, 1.165) is 18.6 Å². The first-order valence-electron chi connectivity index (χ1n) is 11.2. The third-order valence-corrected chi connectivity index (χ3v) is 7.43. The molecule has 1 aliphatic heterocycles. The van der Waals surface area contributed by atoms with Crippen LogP contribution in [0, 0.1) is 23.6 Å². The summed E-state index contributed by atoms with van der Waals surface area (Å²) in [7, 11) is 0. The number of hydrogen-bond donors (Lipinski definition) is 0. The highest BCUT2D eigenvalue weighted by molar-refractivity contribution is 5.52. The molecule has 6 rings (SSSR count). The first-order valence-corrected chi connectivity index (χ1v) is 11.2. The van der Waals surface area contributed by atoms with E-state index in [1.807, 2.05) is 0 Å². The second kappa shape index (κ2) is 7.53. The number of fused-ring (bicyclic) bond motifs is 5. The smallest absolute Gasteiger partial charge is 0.343 e. The van der Waals surface area contributed by atoms with Crippen molar-refractivity contribution in [3.63, 3.8) is 0 Å². The Morgan fingerprint density at radius 1 is 0.861 bits per heavy atom. The number of piperidine rings is 1. The highest BCUT2D eigenvalue weighted by atomic mass is 19.4. The Morgan fingerprint density at radius 3 is 2.25 bits per heavy atom. The fraction of sp³-hybridized carbons (Fsp3) is 0.375. The molecule has 1 saturated heterocycles. The number of nitrogens with zero attached hydrogens (tertiary/aromatic N) is 4. The lowest BCUT2D eigenvalue weighted by atomic mass is 9.95. The molecule has 2 aromatic heterocycles. The minimum Gasteiger partial charge on any atom is -0.343 e. The molecule has 5 nitrogen and oxygen atoms in total. The molecule has 0 N–H and O–H groups in total. The summed E-state index contributed by atoms with van der Waals surface area (Å²) in [6.07, 6.45) is -7.52. The quantitative estimate of drug-likeness (QED) is 0.444. The number of rotatable bonds is 3. The summed E-state index contributed by atoms with van der Waals surface area (Å²) in [5.74, 6) is -0.586. The molecule has 2 unspecified atom stereocenters. The number of aromatic nitrogens is 3. The first kappa shape index (κ1) is 23.0. The van der Waals surface area contributed by atoms with Gasteiger partial charge < -0.3 is 4.90 Å². The van der Waals surface area contributed by atoms with Gasteiger partial charge in [-0.1, -0.05) is 0 Å². The third kappa shape index (κ3) is 3.56. The van der Waals surface area contributed by atoms with E-state index in [2.05, 4.69) is 9.97 Å². The molecule has 36 heavy (non-hydrogen) atoms. The average Bonchev–Trinajstić information content (AvgIpc) is 3.42. The van der Waals surface area contributed by atoms with Crippen molar-refractivity contribution < 1.29 is 30.7 Å². The highest BCUT2D eigenvalue weighted by Gasteiger charge is 2.66. The molecule has 3 fully saturated rings. The SMILES string of the molecule is O=c1ccnc([C@@H]2[C@@H]3C[C@@H](C4CC43)N2c2cc(C(F)(F)F)cc(C(F)(F)F)n2)n1-c1ccc(F)cc1. The lowest BCUT2D eigenvalue weighted by Gasteiger charge is -2.37. The maximum absolute atomic E-state index is 13.6. The second-order valence-corrected chi connectivity index (χ2v) is 9.43. The minimum atomic E-state index is -5.09. The molecule has 12 heteroatoms. The summed E-state index contributed by atoms with van der Waals surface area (Å²) < 4.78 is 96.2. The van der Waals surface area contributed by atoms with Crippen molar-refractivity contribution in [1.29, 1.82) is 0 Å². The number of alkyl halides is 6. The van der Waals surface area contributed by atoms with Crippen LogP contribution >= 0.6 is 0 Å². The van der Waals surface area contributed by atoms with Crippen LogP contribution in [0.25, 0.3) is 5.69 Å². The zero-order valence-corrected chi connectivity index (χ0v) is 18.3. The summed E-state index contributed by atoms with van der Waals surface area (Å²) in [4.78, 5) is 22.4. The number of benzene rings is 1. The van der Waals surface area contributed by atoms with Crippen molar-refractivity contribution in [3.05, 3.63) is 81.9 Å². The van der Waals surface area contributed by atoms with Gasteiger partial charge in [0.05, 0.1) is 17.3 Å². The van der Waals surface area contributed by atoms with Crippen molar-refractivity contribution in [1.82, 2.24) is 14.5 Å². The Kier molecular flexibility index (Phi) is 4.81. The summed E-state index contributed by atoms with van der Waals surface area (Å²) in [6.45, 7) is 0. The van der Waals surface area contributed by atoms with Gasteiger partial charge >= 0.3 is 12.4 Å². The predicted molar refractivity (Wildman–Crippen MR) is 113 cm³/mol. The van der Waals surface area contributed by atoms with Gasteiger partial charge in [0.25, 0.3) is 5.56 Å². The van der Waals surface area contributed by atoms with Gasteiger partial charge in [0.2, 0.25) is 0 Å². The minimum absolute atomic E-state index is 0.00196. The van der Waals surface area contributed by atoms with E-state index in [9.17, 15) is 35.5 Å². The van der Waals surface area contributed by atoms with Crippen LogP contribution in [0.1, 0.15) is 36.0 Å². The molecule has 3 heterocycles. The molecule has 0 radical (unpaired) electrons. The van der Waals surface area contributed by atoms with Crippen LogP contribution in [-0.4, -0.2) is 20.6 Å². The Labute approximate surface area is 199 Å². The summed E-state index contributed by atoms with van der Waals surface area (Å²) in [5, 5.41) is 0. The van der Waals surface area contributed by atoms with Gasteiger partial charge in [-0.3, -0.25) is 9.36 Å². The fourth-order valence-electron chi connectivity index (χ4n) is 5.96. The van der Waals surface area contributed by atoms with E-state index in [-0.39, 0.29) is 41.4 Å². The molecule has 0 amide bonds. The van der Waals surface area contributed by atoms with Gasteiger partial charge in [-0.15, -0.1) is 0 Å². The Balaban J connectivity index is 1.54. The van der Waals surface area contributed by atoms with E-state index in [4.69, 9.17) is 0 Å². The van der Waals surface area contributed by atoms with Crippen LogP contribution in [0.5, 0.6) is 0 Å². The third-order valence-electron chi connectivity index (χ3n) is 7.43. The molecular weight excluding hydrogens is 493 g/mol. The van der Waals surface area contributed by atoms with Gasteiger partial charge in [-0.25, -0.2) is 14.4 Å². The van der Waals surface area contributed by atoms with E-state index < -0.39 is 46.8 Å². The van der Waals surface area contributed by atoms with Crippen molar-refractivity contribution in [2.75, 3.05) is 4.90 Å². The zero-order valence-electron chi connectivity index (χ0n) is 18.3. The predicted octanol–water partition coefficient (Wildman–Crippen LogP) is 5.39. The van der Waals surface area contributed by atoms with E-state index in [1.54, 1.807) is 0 Å². The molecule has 3 aromatic rings. The van der Waals surface area contributed by atoms with Crippen LogP contribution in [-0.2, 0) is 12.4 Å². The molecule has 2 bridgehead atoms. The topological polar surface area (TPSA) is 51.0 Å². The lowest BCUT2D eigenvalue weighted by Crippen LogP contribution is -2.41. The summed E-state index contributed by atoms with van der Waals surface area (Å²) in [5.41, 5.74) is -3.31. The Morgan fingerprint density at radius 2 is 1.58 bits per heavy atom. The van der Waals surface area contributed by atoms with Crippen molar-refractivity contribution in [2.24, 2.45) is 17.8 Å². The monoisotopic (exact) mass is 510 g/mol. The van der Waals surface area contributed by atoms with Crippen molar-refractivity contribution in [3.8, 4) is 5.69 Å². The molecule has 188 valence electrons. The van der Waals surface area contributed by atoms with Crippen LogP contribution in [0.15, 0.2) is 53.5 Å². The van der Waals surface area contributed by atoms with Crippen LogP contribution < -0.4 is 10.5 Å². The Bertz CT molecular complexity index is 1370. The van der Waals surface area contributed by atoms with Gasteiger partial charge in [-0.2, -0.15) is 26.3 Å². The van der Waals surface area contributed by atoms with Crippen LogP contribution in [0.2, 0.25) is 0 Å². The number of halogens is 7. The normalized spacial score (nSPS) is 26.9. The number of anilines is 1. The first-order chi connectivity index (χ1) is 16.9. The molecular formula is C24H17F7N4O. The molecule has 3 aliphatic rings. The number of pyridine rings is 1. The summed E-state index contributed by atoms with van der Waals surface area (Å²) in [6, 6.07) is 5.74. The van der Waals surface area contributed by atoms with Gasteiger partial charge in [0.15, 0.2) is 0 Å². The van der Waals surface area contributed by atoms with Crippen LogP contribution in [0.3, 0.4) is 0 Å². The largest absolute Gasteiger partial charge is 0.433 e. The maximum atomic E-state index is 13.6. The summed E-state index contributed by atoms with van der Waals surface area (Å²) >= 11 is 0. The molecule has 2 aliphatic carbocycles. The standard InChI is InChI=1S/C24H17F7N4O/c25-12-1-3-13(4-2-12)34-20(36)5-6-32-22(34)21-16-10-17(15-9-14(15)16)35(21)19-8-11(23(26,27)28)7-18(33-19)24(29,30)31/h1-8,14-17,21H,9-10H2/t14?,15?,16-,17+,21+/m1/s1. The maximum Gasteiger partial charge on any atom is 0.433 e. The highest BCUT2D eigenvalue weighted by Crippen LogP contribution is 2.67. The molecule has 1 aromatic carbocycles.